The van der Waals surface area contributed by atoms with Gasteiger partial charge in [-0.25, -0.2) is 0 Å². The van der Waals surface area contributed by atoms with Gasteiger partial charge >= 0.3 is 6.18 Å². The minimum absolute atomic E-state index is 0.0418. The van der Waals surface area contributed by atoms with Crippen molar-refractivity contribution >= 4 is 28.3 Å². The average molecular weight is 419 g/mol. The summed E-state index contributed by atoms with van der Waals surface area (Å²) in [5, 5.41) is 6.00. The Bertz CT molecular complexity index is 985. The summed E-state index contributed by atoms with van der Waals surface area (Å²) in [6.45, 7) is 1.73. The molecule has 0 spiro atoms. The van der Waals surface area contributed by atoms with Gasteiger partial charge in [-0.2, -0.15) is 13.2 Å². The van der Waals surface area contributed by atoms with Crippen LogP contribution in [0.4, 0.5) is 13.2 Å². The van der Waals surface area contributed by atoms with Crippen LogP contribution in [0.1, 0.15) is 48.5 Å². The maximum absolute atomic E-state index is 13.0. The normalized spacial score (nSPS) is 17.9. The molecule has 2 atom stereocenters. The summed E-state index contributed by atoms with van der Waals surface area (Å²) in [6.07, 6.45) is -0.586. The fourth-order valence-corrected chi connectivity index (χ4v) is 3.67. The van der Waals surface area contributed by atoms with E-state index in [1.165, 1.54) is 13.2 Å². The van der Waals surface area contributed by atoms with Crippen molar-refractivity contribution in [2.24, 2.45) is 5.92 Å². The Morgan fingerprint density at radius 3 is 2.70 bits per heavy atom. The molecule has 160 valence electrons. The molecule has 0 aliphatic heterocycles. The van der Waals surface area contributed by atoms with E-state index in [2.05, 4.69) is 15.6 Å². The van der Waals surface area contributed by atoms with E-state index in [-0.39, 0.29) is 37.1 Å². The maximum atomic E-state index is 13.0. The standard InChI is InChI=1S/C22H24F3N3O2/c1-13(10-20(29)26-2)28-21(30)15-11-18-17(4-3-5-19(18)27-12-15)14-6-8-16(9-7-14)22(23,24)25/h3-6,11-13,16H,7-10H2,1-2H3,(H,26,29)(H,28,30)/t13-,16?/m1/s1. The number of fused-ring (bicyclic) bond motifs is 1. The van der Waals surface area contributed by atoms with Gasteiger partial charge in [0, 0.05) is 31.1 Å². The lowest BCUT2D eigenvalue weighted by atomic mass is 9.85. The van der Waals surface area contributed by atoms with Gasteiger partial charge in [0.2, 0.25) is 5.91 Å². The highest BCUT2D eigenvalue weighted by atomic mass is 19.4. The zero-order valence-electron chi connectivity index (χ0n) is 16.8. The number of carbonyl (C=O) groups excluding carboxylic acids is 2. The van der Waals surface area contributed by atoms with E-state index in [0.29, 0.717) is 17.5 Å². The van der Waals surface area contributed by atoms with Crippen molar-refractivity contribution in [3.05, 3.63) is 47.7 Å². The second kappa shape index (κ2) is 8.85. The van der Waals surface area contributed by atoms with E-state index < -0.39 is 12.1 Å². The zero-order chi connectivity index (χ0) is 21.9. The van der Waals surface area contributed by atoms with Gasteiger partial charge in [-0.15, -0.1) is 0 Å². The summed E-state index contributed by atoms with van der Waals surface area (Å²) < 4.78 is 38.9. The summed E-state index contributed by atoms with van der Waals surface area (Å²) in [6, 6.07) is 6.81. The first kappa shape index (κ1) is 21.8. The smallest absolute Gasteiger partial charge is 0.359 e. The number of nitrogens with one attached hydrogen (secondary N) is 2. The van der Waals surface area contributed by atoms with Crippen LogP contribution < -0.4 is 10.6 Å². The van der Waals surface area contributed by atoms with Crippen molar-refractivity contribution in [2.45, 2.75) is 44.8 Å². The number of alkyl halides is 3. The first-order valence-corrected chi connectivity index (χ1v) is 9.85. The number of aromatic nitrogens is 1. The van der Waals surface area contributed by atoms with Gasteiger partial charge in [0.25, 0.3) is 5.91 Å². The summed E-state index contributed by atoms with van der Waals surface area (Å²) in [5.74, 6) is -1.84. The van der Waals surface area contributed by atoms with Crippen LogP contribution in [-0.2, 0) is 4.79 Å². The Morgan fingerprint density at radius 2 is 2.07 bits per heavy atom. The predicted octanol–water partition coefficient (Wildman–Crippen LogP) is 4.24. The third kappa shape index (κ3) is 4.98. The SMILES string of the molecule is CNC(=O)C[C@@H](C)NC(=O)c1cnc2cccc(C3=CCC(C(F)(F)F)CC3)c2c1. The Hall–Kier alpha value is -2.90. The Labute approximate surface area is 172 Å². The van der Waals surface area contributed by atoms with E-state index in [1.54, 1.807) is 25.1 Å². The number of hydrogen-bond donors (Lipinski definition) is 2. The fraction of sp³-hybridized carbons (Fsp3) is 0.409. The van der Waals surface area contributed by atoms with E-state index in [0.717, 1.165) is 16.5 Å². The third-order valence-electron chi connectivity index (χ3n) is 5.36. The second-order valence-electron chi connectivity index (χ2n) is 7.59. The molecule has 1 heterocycles. The van der Waals surface area contributed by atoms with Crippen LogP contribution in [0.5, 0.6) is 0 Å². The molecule has 1 aliphatic carbocycles. The topological polar surface area (TPSA) is 71.1 Å². The molecular weight excluding hydrogens is 395 g/mol. The van der Waals surface area contributed by atoms with Crippen LogP contribution in [0, 0.1) is 5.92 Å². The lowest BCUT2D eigenvalue weighted by molar-refractivity contribution is -0.175. The maximum Gasteiger partial charge on any atom is 0.392 e. The number of pyridine rings is 1. The molecule has 1 aromatic carbocycles. The van der Waals surface area contributed by atoms with Gasteiger partial charge in [-0.3, -0.25) is 14.6 Å². The van der Waals surface area contributed by atoms with Crippen LogP contribution in [0.2, 0.25) is 0 Å². The Kier molecular flexibility index (Phi) is 6.43. The molecule has 5 nitrogen and oxygen atoms in total. The molecule has 30 heavy (non-hydrogen) atoms. The predicted molar refractivity (Wildman–Crippen MR) is 109 cm³/mol. The van der Waals surface area contributed by atoms with Gasteiger partial charge in [0.1, 0.15) is 0 Å². The third-order valence-corrected chi connectivity index (χ3v) is 5.36. The van der Waals surface area contributed by atoms with Crippen LogP contribution in [0.3, 0.4) is 0 Å². The molecule has 0 bridgehead atoms. The Balaban J connectivity index is 1.85. The largest absolute Gasteiger partial charge is 0.392 e. The molecular formula is C22H24F3N3O2. The molecule has 3 rings (SSSR count). The molecule has 0 saturated heterocycles. The van der Waals surface area contributed by atoms with Crippen molar-refractivity contribution in [2.75, 3.05) is 7.05 Å². The lowest BCUT2D eigenvalue weighted by Crippen LogP contribution is -2.36. The van der Waals surface area contributed by atoms with Gasteiger partial charge in [-0.05, 0) is 49.5 Å². The van der Waals surface area contributed by atoms with Crippen molar-refractivity contribution in [1.29, 1.82) is 0 Å². The molecule has 2 aromatic rings. The minimum atomic E-state index is -4.18. The lowest BCUT2D eigenvalue weighted by Gasteiger charge is -2.24. The average Bonchev–Trinajstić information content (AvgIpc) is 2.72. The number of allylic oxidation sites excluding steroid dienone is 2. The number of rotatable bonds is 5. The molecule has 0 fully saturated rings. The molecule has 1 aromatic heterocycles. The number of benzene rings is 1. The number of halogens is 3. The highest BCUT2D eigenvalue weighted by Gasteiger charge is 2.39. The van der Waals surface area contributed by atoms with E-state index in [1.807, 2.05) is 12.1 Å². The molecule has 2 N–H and O–H groups in total. The van der Waals surface area contributed by atoms with Crippen molar-refractivity contribution in [1.82, 2.24) is 15.6 Å². The minimum Gasteiger partial charge on any atom is -0.359 e. The highest BCUT2D eigenvalue weighted by Crippen LogP contribution is 2.40. The van der Waals surface area contributed by atoms with Gasteiger partial charge in [0.15, 0.2) is 0 Å². The molecule has 1 aliphatic rings. The van der Waals surface area contributed by atoms with Crippen molar-refractivity contribution < 1.29 is 22.8 Å². The Morgan fingerprint density at radius 1 is 1.30 bits per heavy atom. The van der Waals surface area contributed by atoms with Crippen molar-refractivity contribution in [3.8, 4) is 0 Å². The molecule has 1 unspecified atom stereocenters. The number of hydrogen-bond acceptors (Lipinski definition) is 3. The molecule has 8 heteroatoms. The number of nitrogens with zero attached hydrogens (tertiary/aromatic N) is 1. The summed E-state index contributed by atoms with van der Waals surface area (Å²) in [5.41, 5.74) is 2.65. The molecule has 0 radical (unpaired) electrons. The number of amides is 2. The van der Waals surface area contributed by atoms with Gasteiger partial charge in [0.05, 0.1) is 17.0 Å². The van der Waals surface area contributed by atoms with E-state index in [4.69, 9.17) is 0 Å². The summed E-state index contributed by atoms with van der Waals surface area (Å²) >= 11 is 0. The monoisotopic (exact) mass is 419 g/mol. The summed E-state index contributed by atoms with van der Waals surface area (Å²) in [4.78, 5) is 28.4. The van der Waals surface area contributed by atoms with Gasteiger partial charge in [-0.1, -0.05) is 18.2 Å². The second-order valence-corrected chi connectivity index (χ2v) is 7.59. The quantitative estimate of drug-likeness (QED) is 0.762. The van der Waals surface area contributed by atoms with Crippen LogP contribution >= 0.6 is 0 Å². The first-order chi connectivity index (χ1) is 14.2. The van der Waals surface area contributed by atoms with Crippen molar-refractivity contribution in [3.63, 3.8) is 0 Å². The van der Waals surface area contributed by atoms with Crippen LogP contribution in [0.15, 0.2) is 36.5 Å². The van der Waals surface area contributed by atoms with E-state index >= 15 is 0 Å². The molecule has 2 amide bonds. The van der Waals surface area contributed by atoms with Crippen LogP contribution in [0.25, 0.3) is 16.5 Å². The fourth-order valence-electron chi connectivity index (χ4n) is 3.67. The zero-order valence-corrected chi connectivity index (χ0v) is 16.8. The first-order valence-electron chi connectivity index (χ1n) is 9.85. The number of carbonyl (C=O) groups is 2. The van der Waals surface area contributed by atoms with Gasteiger partial charge < -0.3 is 10.6 Å². The molecule has 0 saturated carbocycles. The highest BCUT2D eigenvalue weighted by molar-refractivity contribution is 6.00. The van der Waals surface area contributed by atoms with Crippen LogP contribution in [-0.4, -0.2) is 36.1 Å². The summed E-state index contributed by atoms with van der Waals surface area (Å²) in [7, 11) is 1.53. The van der Waals surface area contributed by atoms with E-state index in [9.17, 15) is 22.8 Å².